The highest BCUT2D eigenvalue weighted by molar-refractivity contribution is 9.10. The number of amides is 1. The molecule has 1 amide bonds. The van der Waals surface area contributed by atoms with E-state index in [4.69, 9.17) is 5.73 Å². The van der Waals surface area contributed by atoms with Gasteiger partial charge in [0.05, 0.1) is 5.56 Å². The Morgan fingerprint density at radius 3 is 2.75 bits per heavy atom. The maximum Gasteiger partial charge on any atom is 0.253 e. The summed E-state index contributed by atoms with van der Waals surface area (Å²) in [4.78, 5) is 12.0. The van der Waals surface area contributed by atoms with Crippen molar-refractivity contribution in [2.24, 2.45) is 0 Å². The van der Waals surface area contributed by atoms with Gasteiger partial charge in [-0.25, -0.2) is 0 Å². The van der Waals surface area contributed by atoms with Gasteiger partial charge >= 0.3 is 0 Å². The summed E-state index contributed by atoms with van der Waals surface area (Å²) >= 11 is 3.32. The molecule has 104 valence electrons. The first-order chi connectivity index (χ1) is 9.56. The summed E-state index contributed by atoms with van der Waals surface area (Å²) in [5, 5.41) is 2.89. The Kier molecular flexibility index (Phi) is 4.79. The zero-order valence-corrected chi connectivity index (χ0v) is 12.9. The second kappa shape index (κ2) is 6.57. The molecule has 0 aliphatic rings. The van der Waals surface area contributed by atoms with Gasteiger partial charge in [0.1, 0.15) is 0 Å². The average molecular weight is 333 g/mol. The molecule has 0 spiro atoms. The van der Waals surface area contributed by atoms with Crippen LogP contribution in [0.3, 0.4) is 0 Å². The average Bonchev–Trinajstić information content (AvgIpc) is 2.38. The van der Waals surface area contributed by atoms with Gasteiger partial charge in [-0.3, -0.25) is 4.79 Å². The molecule has 2 rings (SSSR count). The van der Waals surface area contributed by atoms with Crippen LogP contribution in [0.4, 0.5) is 5.69 Å². The number of anilines is 1. The molecule has 2 aromatic rings. The standard InChI is InChI=1S/C16H17BrN2O/c1-11-3-2-4-12(9-11)7-8-19-16(20)14-6-5-13(17)10-15(14)18/h2-6,9-10H,7-8,18H2,1H3,(H,19,20). The lowest BCUT2D eigenvalue weighted by Crippen LogP contribution is -2.26. The Morgan fingerprint density at radius 1 is 1.25 bits per heavy atom. The van der Waals surface area contributed by atoms with Gasteiger partial charge in [0.25, 0.3) is 5.91 Å². The summed E-state index contributed by atoms with van der Waals surface area (Å²) in [7, 11) is 0. The first kappa shape index (κ1) is 14.6. The monoisotopic (exact) mass is 332 g/mol. The van der Waals surface area contributed by atoms with Gasteiger partial charge in [-0.2, -0.15) is 0 Å². The highest BCUT2D eigenvalue weighted by Crippen LogP contribution is 2.18. The summed E-state index contributed by atoms with van der Waals surface area (Å²) in [6.07, 6.45) is 0.809. The minimum Gasteiger partial charge on any atom is -0.398 e. The fraction of sp³-hybridized carbons (Fsp3) is 0.188. The number of benzene rings is 2. The van der Waals surface area contributed by atoms with Crippen LogP contribution < -0.4 is 11.1 Å². The molecule has 0 saturated carbocycles. The van der Waals surface area contributed by atoms with Crippen molar-refractivity contribution in [3.63, 3.8) is 0 Å². The van der Waals surface area contributed by atoms with E-state index in [1.54, 1.807) is 12.1 Å². The van der Waals surface area contributed by atoms with Crippen molar-refractivity contribution >= 4 is 27.5 Å². The van der Waals surface area contributed by atoms with Crippen LogP contribution in [-0.4, -0.2) is 12.5 Å². The topological polar surface area (TPSA) is 55.1 Å². The number of carbonyl (C=O) groups excluding carboxylic acids is 1. The number of aryl methyl sites for hydroxylation is 1. The third-order valence-electron chi connectivity index (χ3n) is 3.04. The molecule has 0 radical (unpaired) electrons. The molecular formula is C16H17BrN2O. The number of nitrogen functional groups attached to an aromatic ring is 1. The second-order valence-electron chi connectivity index (χ2n) is 4.73. The van der Waals surface area contributed by atoms with Crippen LogP contribution in [0.2, 0.25) is 0 Å². The lowest BCUT2D eigenvalue weighted by molar-refractivity contribution is 0.0955. The molecule has 0 atom stereocenters. The van der Waals surface area contributed by atoms with E-state index in [0.717, 1.165) is 10.9 Å². The molecule has 4 heteroatoms. The van der Waals surface area contributed by atoms with E-state index in [9.17, 15) is 4.79 Å². The SMILES string of the molecule is Cc1cccc(CCNC(=O)c2ccc(Br)cc2N)c1. The van der Waals surface area contributed by atoms with Crippen LogP contribution in [0.15, 0.2) is 46.9 Å². The highest BCUT2D eigenvalue weighted by Gasteiger charge is 2.09. The van der Waals surface area contributed by atoms with Crippen LogP contribution >= 0.6 is 15.9 Å². The molecule has 3 nitrogen and oxygen atoms in total. The minimum atomic E-state index is -0.136. The van der Waals surface area contributed by atoms with Crippen LogP contribution in [0.5, 0.6) is 0 Å². The van der Waals surface area contributed by atoms with Crippen molar-refractivity contribution in [1.29, 1.82) is 0 Å². The minimum absolute atomic E-state index is 0.136. The molecule has 3 N–H and O–H groups in total. The van der Waals surface area contributed by atoms with Crippen molar-refractivity contribution in [1.82, 2.24) is 5.32 Å². The highest BCUT2D eigenvalue weighted by atomic mass is 79.9. The normalized spacial score (nSPS) is 10.3. The number of nitrogens with two attached hydrogens (primary N) is 1. The number of rotatable bonds is 4. The fourth-order valence-corrected chi connectivity index (χ4v) is 2.40. The van der Waals surface area contributed by atoms with Crippen molar-refractivity contribution in [2.75, 3.05) is 12.3 Å². The molecule has 0 unspecified atom stereocenters. The van der Waals surface area contributed by atoms with E-state index in [1.165, 1.54) is 11.1 Å². The van der Waals surface area contributed by atoms with Crippen LogP contribution in [0, 0.1) is 6.92 Å². The van der Waals surface area contributed by atoms with Crippen molar-refractivity contribution in [3.8, 4) is 0 Å². The van der Waals surface area contributed by atoms with E-state index >= 15 is 0 Å². The van der Waals surface area contributed by atoms with Crippen LogP contribution in [0.1, 0.15) is 21.5 Å². The summed E-state index contributed by atoms with van der Waals surface area (Å²) in [6.45, 7) is 2.66. The van der Waals surface area contributed by atoms with Crippen molar-refractivity contribution < 1.29 is 4.79 Å². The summed E-state index contributed by atoms with van der Waals surface area (Å²) in [5.41, 5.74) is 9.27. The Hall–Kier alpha value is -1.81. The van der Waals surface area contributed by atoms with Crippen LogP contribution in [-0.2, 0) is 6.42 Å². The number of carbonyl (C=O) groups is 1. The quantitative estimate of drug-likeness (QED) is 0.844. The van der Waals surface area contributed by atoms with E-state index in [0.29, 0.717) is 17.8 Å². The van der Waals surface area contributed by atoms with Crippen LogP contribution in [0.25, 0.3) is 0 Å². The molecule has 20 heavy (non-hydrogen) atoms. The smallest absolute Gasteiger partial charge is 0.253 e. The second-order valence-corrected chi connectivity index (χ2v) is 5.64. The molecule has 0 fully saturated rings. The molecule has 2 aromatic carbocycles. The molecule has 0 aliphatic carbocycles. The predicted molar refractivity (Wildman–Crippen MR) is 85.8 cm³/mol. The summed E-state index contributed by atoms with van der Waals surface area (Å²) < 4.78 is 0.867. The van der Waals surface area contributed by atoms with Crippen molar-refractivity contribution in [2.45, 2.75) is 13.3 Å². The Balaban J connectivity index is 1.92. The molecule has 0 bridgehead atoms. The predicted octanol–water partition coefficient (Wildman–Crippen LogP) is 3.31. The lowest BCUT2D eigenvalue weighted by atomic mass is 10.1. The van der Waals surface area contributed by atoms with Gasteiger partial charge < -0.3 is 11.1 Å². The van der Waals surface area contributed by atoms with Gasteiger partial charge in [-0.1, -0.05) is 45.8 Å². The number of nitrogens with one attached hydrogen (secondary N) is 1. The van der Waals surface area contributed by atoms with E-state index < -0.39 is 0 Å². The Labute approximate surface area is 127 Å². The lowest BCUT2D eigenvalue weighted by Gasteiger charge is -2.08. The fourth-order valence-electron chi connectivity index (χ4n) is 2.02. The first-order valence-electron chi connectivity index (χ1n) is 6.45. The van der Waals surface area contributed by atoms with Gasteiger partial charge in [0.15, 0.2) is 0 Å². The maximum absolute atomic E-state index is 12.0. The third kappa shape index (κ3) is 3.84. The van der Waals surface area contributed by atoms with Crippen molar-refractivity contribution in [3.05, 3.63) is 63.6 Å². The molecule has 0 aromatic heterocycles. The molecule has 0 saturated heterocycles. The first-order valence-corrected chi connectivity index (χ1v) is 7.24. The zero-order chi connectivity index (χ0) is 14.5. The van der Waals surface area contributed by atoms with Gasteiger partial charge in [-0.05, 0) is 37.1 Å². The van der Waals surface area contributed by atoms with E-state index in [-0.39, 0.29) is 5.91 Å². The Morgan fingerprint density at radius 2 is 2.05 bits per heavy atom. The van der Waals surface area contributed by atoms with Gasteiger partial charge in [0, 0.05) is 16.7 Å². The number of hydrogen-bond donors (Lipinski definition) is 2. The third-order valence-corrected chi connectivity index (χ3v) is 3.53. The van der Waals surface area contributed by atoms with E-state index in [1.807, 2.05) is 12.1 Å². The molecule has 0 aliphatic heterocycles. The molecule has 0 heterocycles. The van der Waals surface area contributed by atoms with E-state index in [2.05, 4.69) is 46.4 Å². The van der Waals surface area contributed by atoms with Gasteiger partial charge in [0.2, 0.25) is 0 Å². The summed E-state index contributed by atoms with van der Waals surface area (Å²) in [6, 6.07) is 13.5. The zero-order valence-electron chi connectivity index (χ0n) is 11.3. The number of hydrogen-bond acceptors (Lipinski definition) is 2. The summed E-state index contributed by atoms with van der Waals surface area (Å²) in [5.74, 6) is -0.136. The maximum atomic E-state index is 12.0. The largest absolute Gasteiger partial charge is 0.398 e. The Bertz CT molecular complexity index is 626. The molecular weight excluding hydrogens is 316 g/mol. The van der Waals surface area contributed by atoms with Gasteiger partial charge in [-0.15, -0.1) is 0 Å². The number of halogens is 1.